The van der Waals surface area contributed by atoms with Gasteiger partial charge in [0.1, 0.15) is 5.69 Å². The number of hydrogen-bond donors (Lipinski definition) is 0. The normalized spacial score (nSPS) is 16.1. The second-order valence-corrected chi connectivity index (χ2v) is 6.45. The van der Waals surface area contributed by atoms with E-state index >= 15 is 0 Å². The van der Waals surface area contributed by atoms with E-state index in [1.165, 1.54) is 0 Å². The molecule has 2 aromatic rings. The van der Waals surface area contributed by atoms with Gasteiger partial charge in [0.05, 0.1) is 5.52 Å². The fourth-order valence-electron chi connectivity index (χ4n) is 2.32. The van der Waals surface area contributed by atoms with Crippen LogP contribution in [0.1, 0.15) is 16.9 Å². The molecule has 104 valence electrons. The Labute approximate surface area is 127 Å². The summed E-state index contributed by atoms with van der Waals surface area (Å²) < 4.78 is 0. The molecule has 1 aliphatic heterocycles. The van der Waals surface area contributed by atoms with E-state index in [4.69, 9.17) is 11.6 Å². The van der Waals surface area contributed by atoms with E-state index in [9.17, 15) is 4.79 Å². The highest BCUT2D eigenvalue weighted by molar-refractivity contribution is 7.99. The largest absolute Gasteiger partial charge is 0.336 e. The third-order valence-corrected chi connectivity index (χ3v) is 4.67. The molecule has 1 saturated heterocycles. The van der Waals surface area contributed by atoms with Gasteiger partial charge in [0.25, 0.3) is 5.91 Å². The summed E-state index contributed by atoms with van der Waals surface area (Å²) in [6, 6.07) is 9.28. The van der Waals surface area contributed by atoms with Crippen molar-refractivity contribution in [2.24, 2.45) is 0 Å². The predicted octanol–water partition coefficient (Wildman–Crippen LogP) is 3.47. The number of aromatic nitrogens is 1. The Bertz CT molecular complexity index is 639. The standard InChI is InChI=1S/C15H15ClN2OS/c16-12-4-2-11-3-5-13(17-14(11)10-12)15(19)18-6-1-8-20-9-7-18/h2-5,10H,1,6-9H2. The van der Waals surface area contributed by atoms with E-state index in [-0.39, 0.29) is 5.91 Å². The van der Waals surface area contributed by atoms with Gasteiger partial charge >= 0.3 is 0 Å². The number of hydrogen-bond acceptors (Lipinski definition) is 3. The zero-order valence-corrected chi connectivity index (χ0v) is 12.6. The Balaban J connectivity index is 1.90. The van der Waals surface area contributed by atoms with Crippen molar-refractivity contribution in [3.63, 3.8) is 0 Å². The highest BCUT2D eigenvalue weighted by Crippen LogP contribution is 2.19. The Morgan fingerprint density at radius 3 is 2.95 bits per heavy atom. The third-order valence-electron chi connectivity index (χ3n) is 3.38. The lowest BCUT2D eigenvalue weighted by Crippen LogP contribution is -2.33. The number of carbonyl (C=O) groups excluding carboxylic acids is 1. The van der Waals surface area contributed by atoms with Crippen molar-refractivity contribution in [2.45, 2.75) is 6.42 Å². The molecule has 3 nitrogen and oxygen atoms in total. The summed E-state index contributed by atoms with van der Waals surface area (Å²) >= 11 is 7.89. The van der Waals surface area contributed by atoms with Gasteiger partial charge in [-0.3, -0.25) is 4.79 Å². The van der Waals surface area contributed by atoms with Gasteiger partial charge in [-0.2, -0.15) is 11.8 Å². The molecule has 1 aromatic heterocycles. The van der Waals surface area contributed by atoms with E-state index in [1.807, 2.05) is 34.9 Å². The quantitative estimate of drug-likeness (QED) is 0.809. The van der Waals surface area contributed by atoms with Crippen molar-refractivity contribution in [2.75, 3.05) is 24.6 Å². The molecule has 0 aliphatic carbocycles. The molecule has 5 heteroatoms. The third kappa shape index (κ3) is 2.91. The first kappa shape index (κ1) is 13.7. The lowest BCUT2D eigenvalue weighted by molar-refractivity contribution is 0.0763. The number of pyridine rings is 1. The number of carbonyl (C=O) groups is 1. The minimum absolute atomic E-state index is 0.0226. The second-order valence-electron chi connectivity index (χ2n) is 4.79. The van der Waals surface area contributed by atoms with Gasteiger partial charge in [-0.15, -0.1) is 0 Å². The first-order valence-corrected chi connectivity index (χ1v) is 8.21. The molecule has 1 fully saturated rings. The van der Waals surface area contributed by atoms with Crippen LogP contribution in [-0.4, -0.2) is 40.4 Å². The smallest absolute Gasteiger partial charge is 0.272 e. The molecule has 0 saturated carbocycles. The molecule has 20 heavy (non-hydrogen) atoms. The number of amides is 1. The van der Waals surface area contributed by atoms with E-state index in [2.05, 4.69) is 4.98 Å². The van der Waals surface area contributed by atoms with Crippen LogP contribution in [0.25, 0.3) is 10.9 Å². The Kier molecular flexibility index (Phi) is 4.13. The van der Waals surface area contributed by atoms with E-state index in [1.54, 1.807) is 12.1 Å². The van der Waals surface area contributed by atoms with Gasteiger partial charge in [0.2, 0.25) is 0 Å². The average Bonchev–Trinajstić information content (AvgIpc) is 2.74. The molecule has 1 amide bonds. The highest BCUT2D eigenvalue weighted by atomic mass is 35.5. The Morgan fingerprint density at radius 1 is 1.20 bits per heavy atom. The number of benzene rings is 1. The average molecular weight is 307 g/mol. The maximum Gasteiger partial charge on any atom is 0.272 e. The molecule has 2 heterocycles. The fourth-order valence-corrected chi connectivity index (χ4v) is 3.37. The van der Waals surface area contributed by atoms with Crippen LogP contribution in [0.4, 0.5) is 0 Å². The van der Waals surface area contributed by atoms with Crippen LogP contribution in [-0.2, 0) is 0 Å². The SMILES string of the molecule is O=C(c1ccc2ccc(Cl)cc2n1)N1CCCSCC1. The molecule has 1 aromatic carbocycles. The number of halogens is 1. The minimum atomic E-state index is 0.0226. The van der Waals surface area contributed by atoms with Gasteiger partial charge in [0, 0.05) is 29.3 Å². The molecule has 0 spiro atoms. The molecular weight excluding hydrogens is 292 g/mol. The van der Waals surface area contributed by atoms with Crippen molar-refractivity contribution >= 4 is 40.2 Å². The van der Waals surface area contributed by atoms with Crippen molar-refractivity contribution in [1.82, 2.24) is 9.88 Å². The first-order valence-electron chi connectivity index (χ1n) is 6.67. The Hall–Kier alpha value is -1.26. The summed E-state index contributed by atoms with van der Waals surface area (Å²) in [6.45, 7) is 1.62. The van der Waals surface area contributed by atoms with Crippen molar-refractivity contribution in [1.29, 1.82) is 0 Å². The fraction of sp³-hybridized carbons (Fsp3) is 0.333. The monoisotopic (exact) mass is 306 g/mol. The molecular formula is C15H15ClN2OS. The molecule has 0 atom stereocenters. The van der Waals surface area contributed by atoms with E-state index < -0.39 is 0 Å². The summed E-state index contributed by atoms with van der Waals surface area (Å²) in [7, 11) is 0. The number of nitrogens with zero attached hydrogens (tertiary/aromatic N) is 2. The minimum Gasteiger partial charge on any atom is -0.336 e. The topological polar surface area (TPSA) is 33.2 Å². The summed E-state index contributed by atoms with van der Waals surface area (Å²) in [4.78, 5) is 18.9. The van der Waals surface area contributed by atoms with Gasteiger partial charge in [-0.05, 0) is 30.4 Å². The van der Waals surface area contributed by atoms with Crippen LogP contribution in [0.15, 0.2) is 30.3 Å². The van der Waals surface area contributed by atoms with Crippen molar-refractivity contribution < 1.29 is 4.79 Å². The number of fused-ring (bicyclic) bond motifs is 1. The number of thioether (sulfide) groups is 1. The summed E-state index contributed by atoms with van der Waals surface area (Å²) in [5.41, 5.74) is 1.28. The van der Waals surface area contributed by atoms with Crippen LogP contribution in [0.3, 0.4) is 0 Å². The van der Waals surface area contributed by atoms with E-state index in [0.29, 0.717) is 10.7 Å². The zero-order chi connectivity index (χ0) is 13.9. The zero-order valence-electron chi connectivity index (χ0n) is 11.0. The van der Waals surface area contributed by atoms with Gasteiger partial charge in [-0.25, -0.2) is 4.98 Å². The number of rotatable bonds is 1. The lowest BCUT2D eigenvalue weighted by Gasteiger charge is -2.19. The van der Waals surface area contributed by atoms with Gasteiger partial charge < -0.3 is 4.90 Å². The molecule has 0 bridgehead atoms. The summed E-state index contributed by atoms with van der Waals surface area (Å²) in [5, 5.41) is 1.64. The highest BCUT2D eigenvalue weighted by Gasteiger charge is 2.18. The maximum absolute atomic E-state index is 12.5. The first-order chi connectivity index (χ1) is 9.74. The van der Waals surface area contributed by atoms with Crippen LogP contribution < -0.4 is 0 Å². The van der Waals surface area contributed by atoms with Crippen LogP contribution in [0, 0.1) is 0 Å². The second kappa shape index (κ2) is 6.02. The van der Waals surface area contributed by atoms with Crippen molar-refractivity contribution in [3.8, 4) is 0 Å². The molecule has 0 unspecified atom stereocenters. The summed E-state index contributed by atoms with van der Waals surface area (Å²) in [5.74, 6) is 2.16. The van der Waals surface area contributed by atoms with Crippen LogP contribution >= 0.6 is 23.4 Å². The maximum atomic E-state index is 12.5. The summed E-state index contributed by atoms with van der Waals surface area (Å²) in [6.07, 6.45) is 1.05. The van der Waals surface area contributed by atoms with E-state index in [0.717, 1.165) is 41.9 Å². The van der Waals surface area contributed by atoms with Crippen molar-refractivity contribution in [3.05, 3.63) is 41.0 Å². The van der Waals surface area contributed by atoms with Gasteiger partial charge in [0.15, 0.2) is 0 Å². The Morgan fingerprint density at radius 2 is 2.05 bits per heavy atom. The predicted molar refractivity (Wildman–Crippen MR) is 84.6 cm³/mol. The molecule has 1 aliphatic rings. The van der Waals surface area contributed by atoms with Crippen LogP contribution in [0.5, 0.6) is 0 Å². The molecule has 3 rings (SSSR count). The van der Waals surface area contributed by atoms with Crippen LogP contribution in [0.2, 0.25) is 5.02 Å². The molecule has 0 radical (unpaired) electrons. The lowest BCUT2D eigenvalue weighted by atomic mass is 10.2. The molecule has 0 N–H and O–H groups in total. The van der Waals surface area contributed by atoms with Gasteiger partial charge in [-0.1, -0.05) is 23.7 Å².